The van der Waals surface area contributed by atoms with Crippen molar-refractivity contribution in [3.05, 3.63) is 47.2 Å². The predicted molar refractivity (Wildman–Crippen MR) is 72.2 cm³/mol. The van der Waals surface area contributed by atoms with Crippen LogP contribution in [-0.2, 0) is 0 Å². The summed E-state index contributed by atoms with van der Waals surface area (Å²) in [5, 5.41) is 0. The normalized spacial score (nSPS) is 10.1. The summed E-state index contributed by atoms with van der Waals surface area (Å²) in [6, 6.07) is 7.40. The quantitative estimate of drug-likeness (QED) is 0.788. The standard InChI is InChI=1S/C15H15NO3/c1-10-4-5-13(14(6-10)18-3)19-15-11(2)7-12(9-17)8-16-15/h4-9H,1-3H3. The van der Waals surface area contributed by atoms with Gasteiger partial charge in [-0.05, 0) is 37.6 Å². The van der Waals surface area contributed by atoms with E-state index < -0.39 is 0 Å². The summed E-state index contributed by atoms with van der Waals surface area (Å²) in [5.74, 6) is 1.72. The summed E-state index contributed by atoms with van der Waals surface area (Å²) in [7, 11) is 1.59. The first-order valence-corrected chi connectivity index (χ1v) is 5.88. The van der Waals surface area contributed by atoms with E-state index in [1.54, 1.807) is 13.2 Å². The molecule has 19 heavy (non-hydrogen) atoms. The number of pyridine rings is 1. The molecule has 2 rings (SSSR count). The fourth-order valence-electron chi connectivity index (χ4n) is 1.72. The Morgan fingerprint density at radius 1 is 1.16 bits per heavy atom. The van der Waals surface area contributed by atoms with Gasteiger partial charge in [0.2, 0.25) is 5.88 Å². The number of carbonyl (C=O) groups is 1. The van der Waals surface area contributed by atoms with Gasteiger partial charge in [-0.15, -0.1) is 0 Å². The van der Waals surface area contributed by atoms with Crippen molar-refractivity contribution < 1.29 is 14.3 Å². The number of aromatic nitrogens is 1. The maximum absolute atomic E-state index is 10.7. The minimum absolute atomic E-state index is 0.466. The van der Waals surface area contributed by atoms with Gasteiger partial charge in [0, 0.05) is 17.3 Å². The third-order valence-electron chi connectivity index (χ3n) is 2.71. The Balaban J connectivity index is 2.33. The lowest BCUT2D eigenvalue weighted by Crippen LogP contribution is -1.96. The molecule has 0 aliphatic carbocycles. The molecule has 0 aliphatic rings. The lowest BCUT2D eigenvalue weighted by Gasteiger charge is -2.11. The van der Waals surface area contributed by atoms with Gasteiger partial charge in [0.15, 0.2) is 17.8 Å². The Bertz CT molecular complexity index is 608. The van der Waals surface area contributed by atoms with E-state index in [1.807, 2.05) is 32.0 Å². The molecule has 0 aliphatic heterocycles. The molecular weight excluding hydrogens is 242 g/mol. The van der Waals surface area contributed by atoms with E-state index >= 15 is 0 Å². The third kappa shape index (κ3) is 2.91. The Morgan fingerprint density at radius 3 is 2.58 bits per heavy atom. The van der Waals surface area contributed by atoms with Crippen LogP contribution in [-0.4, -0.2) is 18.4 Å². The van der Waals surface area contributed by atoms with Crippen LogP contribution in [0.5, 0.6) is 17.4 Å². The fraction of sp³-hybridized carbons (Fsp3) is 0.200. The molecule has 1 heterocycles. The molecule has 0 radical (unpaired) electrons. The van der Waals surface area contributed by atoms with Crippen molar-refractivity contribution in [3.63, 3.8) is 0 Å². The molecule has 1 aromatic carbocycles. The van der Waals surface area contributed by atoms with Crippen LogP contribution in [0.3, 0.4) is 0 Å². The molecule has 4 heteroatoms. The van der Waals surface area contributed by atoms with E-state index in [-0.39, 0.29) is 0 Å². The minimum atomic E-state index is 0.466. The van der Waals surface area contributed by atoms with Gasteiger partial charge < -0.3 is 9.47 Å². The smallest absolute Gasteiger partial charge is 0.222 e. The molecule has 0 fully saturated rings. The molecule has 0 bridgehead atoms. The predicted octanol–water partition coefficient (Wildman–Crippen LogP) is 3.31. The summed E-state index contributed by atoms with van der Waals surface area (Å²) < 4.78 is 11.0. The largest absolute Gasteiger partial charge is 0.493 e. The highest BCUT2D eigenvalue weighted by Crippen LogP contribution is 2.32. The monoisotopic (exact) mass is 257 g/mol. The number of methoxy groups -OCH3 is 1. The Morgan fingerprint density at radius 2 is 1.95 bits per heavy atom. The summed E-state index contributed by atoms with van der Waals surface area (Å²) in [4.78, 5) is 14.8. The van der Waals surface area contributed by atoms with Gasteiger partial charge in [-0.1, -0.05) is 6.07 Å². The summed E-state index contributed by atoms with van der Waals surface area (Å²) in [6.07, 6.45) is 2.24. The third-order valence-corrected chi connectivity index (χ3v) is 2.71. The zero-order valence-corrected chi connectivity index (χ0v) is 11.1. The Hall–Kier alpha value is -2.36. The van der Waals surface area contributed by atoms with Crippen LogP contribution in [0.25, 0.3) is 0 Å². The first-order valence-electron chi connectivity index (χ1n) is 5.88. The van der Waals surface area contributed by atoms with Crippen molar-refractivity contribution in [2.45, 2.75) is 13.8 Å². The van der Waals surface area contributed by atoms with Gasteiger partial charge in [0.05, 0.1) is 7.11 Å². The number of aldehydes is 1. The summed E-state index contributed by atoms with van der Waals surface area (Å²) >= 11 is 0. The van der Waals surface area contributed by atoms with Crippen LogP contribution in [0.4, 0.5) is 0 Å². The first kappa shape index (κ1) is 13.1. The van der Waals surface area contributed by atoms with E-state index in [0.29, 0.717) is 22.9 Å². The zero-order valence-electron chi connectivity index (χ0n) is 11.1. The SMILES string of the molecule is COc1cc(C)ccc1Oc1ncc(C=O)cc1C. The van der Waals surface area contributed by atoms with Crippen molar-refractivity contribution in [1.29, 1.82) is 0 Å². The molecule has 0 amide bonds. The van der Waals surface area contributed by atoms with E-state index in [1.165, 1.54) is 6.20 Å². The zero-order chi connectivity index (χ0) is 13.8. The highest BCUT2D eigenvalue weighted by Gasteiger charge is 2.09. The average molecular weight is 257 g/mol. The van der Waals surface area contributed by atoms with Gasteiger partial charge in [0.1, 0.15) is 0 Å². The molecule has 0 saturated heterocycles. The topological polar surface area (TPSA) is 48.4 Å². The van der Waals surface area contributed by atoms with Crippen LogP contribution in [0, 0.1) is 13.8 Å². The molecular formula is C15H15NO3. The van der Waals surface area contributed by atoms with E-state index in [9.17, 15) is 4.79 Å². The van der Waals surface area contributed by atoms with Crippen molar-refractivity contribution in [1.82, 2.24) is 4.98 Å². The van der Waals surface area contributed by atoms with Gasteiger partial charge in [-0.3, -0.25) is 4.79 Å². The number of nitrogens with zero attached hydrogens (tertiary/aromatic N) is 1. The number of hydrogen-bond donors (Lipinski definition) is 0. The molecule has 0 unspecified atom stereocenters. The molecule has 4 nitrogen and oxygen atoms in total. The van der Waals surface area contributed by atoms with Gasteiger partial charge in [-0.2, -0.15) is 0 Å². The Kier molecular flexibility index (Phi) is 3.80. The van der Waals surface area contributed by atoms with Crippen LogP contribution in [0.2, 0.25) is 0 Å². The van der Waals surface area contributed by atoms with Gasteiger partial charge in [0.25, 0.3) is 0 Å². The van der Waals surface area contributed by atoms with Crippen molar-refractivity contribution >= 4 is 6.29 Å². The van der Waals surface area contributed by atoms with Gasteiger partial charge >= 0.3 is 0 Å². The number of aryl methyl sites for hydroxylation is 2. The molecule has 0 N–H and O–H groups in total. The van der Waals surface area contributed by atoms with E-state index in [2.05, 4.69) is 4.98 Å². The van der Waals surface area contributed by atoms with Crippen molar-refractivity contribution in [3.8, 4) is 17.4 Å². The lowest BCUT2D eigenvalue weighted by molar-refractivity contribution is 0.112. The second kappa shape index (κ2) is 5.52. The molecule has 0 atom stereocenters. The van der Waals surface area contributed by atoms with Crippen LogP contribution < -0.4 is 9.47 Å². The number of benzene rings is 1. The molecule has 2 aromatic rings. The Labute approximate surface area is 112 Å². The van der Waals surface area contributed by atoms with Crippen LogP contribution >= 0.6 is 0 Å². The number of hydrogen-bond acceptors (Lipinski definition) is 4. The molecule has 98 valence electrons. The van der Waals surface area contributed by atoms with Crippen molar-refractivity contribution in [2.75, 3.05) is 7.11 Å². The summed E-state index contributed by atoms with van der Waals surface area (Å²) in [5.41, 5.74) is 2.41. The maximum atomic E-state index is 10.7. The summed E-state index contributed by atoms with van der Waals surface area (Å²) in [6.45, 7) is 3.82. The second-order valence-corrected chi connectivity index (χ2v) is 4.26. The minimum Gasteiger partial charge on any atom is -0.493 e. The van der Waals surface area contributed by atoms with E-state index in [0.717, 1.165) is 17.4 Å². The second-order valence-electron chi connectivity index (χ2n) is 4.26. The van der Waals surface area contributed by atoms with E-state index in [4.69, 9.17) is 9.47 Å². The number of rotatable bonds is 4. The van der Waals surface area contributed by atoms with Crippen LogP contribution in [0.15, 0.2) is 30.5 Å². The molecule has 0 saturated carbocycles. The van der Waals surface area contributed by atoms with Crippen LogP contribution in [0.1, 0.15) is 21.5 Å². The number of carbonyl (C=O) groups excluding carboxylic acids is 1. The highest BCUT2D eigenvalue weighted by molar-refractivity contribution is 5.74. The average Bonchev–Trinajstić information content (AvgIpc) is 2.42. The molecule has 0 spiro atoms. The highest BCUT2D eigenvalue weighted by atomic mass is 16.5. The van der Waals surface area contributed by atoms with Gasteiger partial charge in [-0.25, -0.2) is 4.98 Å². The first-order chi connectivity index (χ1) is 9.13. The molecule has 1 aromatic heterocycles. The van der Waals surface area contributed by atoms with Crippen molar-refractivity contribution in [2.24, 2.45) is 0 Å². The lowest BCUT2D eigenvalue weighted by atomic mass is 10.2. The fourth-order valence-corrected chi connectivity index (χ4v) is 1.72. The number of ether oxygens (including phenoxy) is 2. The maximum Gasteiger partial charge on any atom is 0.222 e.